The summed E-state index contributed by atoms with van der Waals surface area (Å²) < 4.78 is 0. The standard InChI is InChI=1S/C9H15NO2/c1-4-5-6-7-8-9(11)10(2)12-3/h6,8H,4-5H2,1-3H3. The fraction of sp³-hybridized carbons (Fsp3) is 0.556. The quantitative estimate of drug-likeness (QED) is 0.363. The first-order valence-electron chi connectivity index (χ1n) is 3.95. The van der Waals surface area contributed by atoms with Gasteiger partial charge in [0, 0.05) is 13.1 Å². The monoisotopic (exact) mass is 169 g/mol. The van der Waals surface area contributed by atoms with E-state index in [4.69, 9.17) is 0 Å². The molecule has 0 radical (unpaired) electrons. The average Bonchev–Trinajstić information content (AvgIpc) is 2.10. The second-order valence-corrected chi connectivity index (χ2v) is 2.32. The molecule has 0 N–H and O–H groups in total. The minimum atomic E-state index is -0.204. The average molecular weight is 169 g/mol. The lowest BCUT2D eigenvalue weighted by atomic mass is 10.3. The number of hydrogen-bond donors (Lipinski definition) is 0. The highest BCUT2D eigenvalue weighted by Crippen LogP contribution is 1.88. The number of likely N-dealkylation sites (N-methyl/N-ethyl adjacent to an activating group) is 1. The van der Waals surface area contributed by atoms with E-state index in [1.165, 1.54) is 13.2 Å². The van der Waals surface area contributed by atoms with Gasteiger partial charge in [-0.1, -0.05) is 13.3 Å². The second kappa shape index (κ2) is 6.65. The Balaban J connectivity index is 3.90. The molecule has 0 aliphatic heterocycles. The maximum Gasteiger partial charge on any atom is 0.277 e. The summed E-state index contributed by atoms with van der Waals surface area (Å²) in [6.07, 6.45) is 5.20. The second-order valence-electron chi connectivity index (χ2n) is 2.32. The first-order valence-corrected chi connectivity index (χ1v) is 3.95. The largest absolute Gasteiger partial charge is 0.277 e. The van der Waals surface area contributed by atoms with Gasteiger partial charge in [-0.05, 0) is 12.5 Å². The minimum Gasteiger partial charge on any atom is -0.274 e. The first-order chi connectivity index (χ1) is 5.72. The Bertz CT molecular complexity index is 193. The maximum absolute atomic E-state index is 11.0. The van der Waals surface area contributed by atoms with E-state index < -0.39 is 0 Å². The molecule has 0 aromatic carbocycles. The van der Waals surface area contributed by atoms with Crippen LogP contribution in [0.5, 0.6) is 0 Å². The Morgan fingerprint density at radius 2 is 2.33 bits per heavy atom. The molecular weight excluding hydrogens is 154 g/mol. The molecule has 0 fully saturated rings. The van der Waals surface area contributed by atoms with Crippen molar-refractivity contribution in [3.63, 3.8) is 0 Å². The van der Waals surface area contributed by atoms with E-state index in [0.29, 0.717) is 0 Å². The molecular formula is C9H15NO2. The first kappa shape index (κ1) is 11.0. The van der Waals surface area contributed by atoms with E-state index in [2.05, 4.69) is 17.5 Å². The van der Waals surface area contributed by atoms with Crippen LogP contribution in [0.15, 0.2) is 17.9 Å². The number of hydrogen-bond acceptors (Lipinski definition) is 2. The van der Waals surface area contributed by atoms with Crippen molar-refractivity contribution >= 4 is 5.91 Å². The van der Waals surface area contributed by atoms with Gasteiger partial charge in [0.05, 0.1) is 7.11 Å². The van der Waals surface area contributed by atoms with Crippen LogP contribution in [0.1, 0.15) is 19.8 Å². The van der Waals surface area contributed by atoms with Gasteiger partial charge in [0.2, 0.25) is 0 Å². The number of carbonyl (C=O) groups excluding carboxylic acids is 1. The highest BCUT2D eigenvalue weighted by atomic mass is 16.7. The molecule has 0 aliphatic rings. The van der Waals surface area contributed by atoms with Gasteiger partial charge in [-0.15, -0.1) is 5.73 Å². The Morgan fingerprint density at radius 3 is 2.83 bits per heavy atom. The third kappa shape index (κ3) is 4.72. The van der Waals surface area contributed by atoms with E-state index >= 15 is 0 Å². The summed E-state index contributed by atoms with van der Waals surface area (Å²) in [5, 5.41) is 1.15. The van der Waals surface area contributed by atoms with Crippen molar-refractivity contribution < 1.29 is 9.63 Å². The number of carbonyl (C=O) groups is 1. The molecule has 3 nitrogen and oxygen atoms in total. The summed E-state index contributed by atoms with van der Waals surface area (Å²) in [6.45, 7) is 2.07. The lowest BCUT2D eigenvalue weighted by Gasteiger charge is -2.08. The molecule has 0 rings (SSSR count). The van der Waals surface area contributed by atoms with Crippen molar-refractivity contribution in [1.82, 2.24) is 5.06 Å². The molecule has 0 saturated heterocycles. The summed E-state index contributed by atoms with van der Waals surface area (Å²) in [4.78, 5) is 15.7. The Morgan fingerprint density at radius 1 is 1.67 bits per heavy atom. The molecule has 0 aromatic heterocycles. The zero-order valence-corrected chi connectivity index (χ0v) is 7.83. The van der Waals surface area contributed by atoms with Gasteiger partial charge in [0.25, 0.3) is 5.91 Å². The van der Waals surface area contributed by atoms with Crippen molar-refractivity contribution in [2.45, 2.75) is 19.8 Å². The van der Waals surface area contributed by atoms with Crippen LogP contribution in [0.4, 0.5) is 0 Å². The molecule has 0 saturated carbocycles. The molecule has 0 atom stereocenters. The normalized spacial score (nSPS) is 8.58. The van der Waals surface area contributed by atoms with Gasteiger partial charge in [-0.25, -0.2) is 5.06 Å². The predicted octanol–water partition coefficient (Wildman–Crippen LogP) is 1.52. The fourth-order valence-corrected chi connectivity index (χ4v) is 0.539. The molecule has 0 aliphatic carbocycles. The molecule has 3 heteroatoms. The van der Waals surface area contributed by atoms with Crippen LogP contribution < -0.4 is 0 Å². The van der Waals surface area contributed by atoms with Gasteiger partial charge in [-0.3, -0.25) is 9.63 Å². The lowest BCUT2D eigenvalue weighted by Crippen LogP contribution is -2.22. The van der Waals surface area contributed by atoms with E-state index in [0.717, 1.165) is 17.9 Å². The SMILES string of the molecule is CCCC=C=CC(=O)N(C)OC. The predicted molar refractivity (Wildman–Crippen MR) is 47.3 cm³/mol. The Labute approximate surface area is 73.3 Å². The van der Waals surface area contributed by atoms with Crippen LogP contribution in [0, 0.1) is 0 Å². The number of rotatable bonds is 4. The summed E-state index contributed by atoms with van der Waals surface area (Å²) in [5.74, 6) is -0.204. The maximum atomic E-state index is 11.0. The van der Waals surface area contributed by atoms with Crippen LogP contribution in [-0.4, -0.2) is 25.1 Å². The van der Waals surface area contributed by atoms with Gasteiger partial charge >= 0.3 is 0 Å². The summed E-state index contributed by atoms with van der Waals surface area (Å²) >= 11 is 0. The molecule has 0 unspecified atom stereocenters. The Kier molecular flexibility index (Phi) is 6.07. The fourth-order valence-electron chi connectivity index (χ4n) is 0.539. The summed E-state index contributed by atoms with van der Waals surface area (Å²) in [7, 11) is 3.00. The van der Waals surface area contributed by atoms with Crippen molar-refractivity contribution in [2.24, 2.45) is 0 Å². The molecule has 0 spiro atoms. The van der Waals surface area contributed by atoms with Crippen LogP contribution in [0.2, 0.25) is 0 Å². The number of unbranched alkanes of at least 4 members (excludes halogenated alkanes) is 1. The topological polar surface area (TPSA) is 29.5 Å². The lowest BCUT2D eigenvalue weighted by molar-refractivity contribution is -0.162. The van der Waals surface area contributed by atoms with Crippen LogP contribution >= 0.6 is 0 Å². The van der Waals surface area contributed by atoms with Gasteiger partial charge in [0.15, 0.2) is 0 Å². The van der Waals surface area contributed by atoms with E-state index in [-0.39, 0.29) is 5.91 Å². The molecule has 0 bridgehead atoms. The molecule has 12 heavy (non-hydrogen) atoms. The van der Waals surface area contributed by atoms with Crippen molar-refractivity contribution in [3.05, 3.63) is 17.9 Å². The number of nitrogens with zero attached hydrogens (tertiary/aromatic N) is 1. The Hall–Kier alpha value is -1.05. The van der Waals surface area contributed by atoms with E-state index in [1.54, 1.807) is 7.05 Å². The van der Waals surface area contributed by atoms with Crippen LogP contribution in [0.3, 0.4) is 0 Å². The van der Waals surface area contributed by atoms with Crippen LogP contribution in [-0.2, 0) is 9.63 Å². The van der Waals surface area contributed by atoms with Gasteiger partial charge in [0.1, 0.15) is 0 Å². The third-order valence-electron chi connectivity index (χ3n) is 1.34. The highest BCUT2D eigenvalue weighted by molar-refractivity contribution is 5.86. The molecule has 1 amide bonds. The zero-order valence-electron chi connectivity index (χ0n) is 7.83. The summed E-state index contributed by atoms with van der Waals surface area (Å²) in [6, 6.07) is 0. The third-order valence-corrected chi connectivity index (χ3v) is 1.34. The smallest absolute Gasteiger partial charge is 0.274 e. The van der Waals surface area contributed by atoms with Crippen LogP contribution in [0.25, 0.3) is 0 Å². The van der Waals surface area contributed by atoms with Gasteiger partial charge < -0.3 is 0 Å². The van der Waals surface area contributed by atoms with Gasteiger partial charge in [-0.2, -0.15) is 0 Å². The molecule has 0 aromatic rings. The summed E-state index contributed by atoms with van der Waals surface area (Å²) in [5.41, 5.74) is 2.78. The zero-order chi connectivity index (χ0) is 9.40. The number of hydroxylamine groups is 2. The highest BCUT2D eigenvalue weighted by Gasteiger charge is 2.00. The molecule has 0 heterocycles. The minimum absolute atomic E-state index is 0.204. The van der Waals surface area contributed by atoms with Crippen molar-refractivity contribution in [2.75, 3.05) is 14.2 Å². The van der Waals surface area contributed by atoms with E-state index in [1.807, 2.05) is 6.08 Å². The van der Waals surface area contributed by atoms with Crippen molar-refractivity contribution in [3.8, 4) is 0 Å². The van der Waals surface area contributed by atoms with E-state index in [9.17, 15) is 4.79 Å². The number of amides is 1. The molecule has 68 valence electrons. The van der Waals surface area contributed by atoms with Crippen molar-refractivity contribution in [1.29, 1.82) is 0 Å².